The molecule has 0 bridgehead atoms. The summed E-state index contributed by atoms with van der Waals surface area (Å²) in [5, 5.41) is 11.8. The number of para-hydroxylation sites is 1. The van der Waals surface area contributed by atoms with E-state index in [1.165, 1.54) is 0 Å². The zero-order chi connectivity index (χ0) is 11.8. The van der Waals surface area contributed by atoms with E-state index in [0.717, 1.165) is 27.5 Å². The Labute approximate surface area is 98.8 Å². The molecule has 1 aromatic heterocycles. The lowest BCUT2D eigenvalue weighted by Crippen LogP contribution is -1.82. The van der Waals surface area contributed by atoms with Gasteiger partial charge in [0.2, 0.25) is 0 Å². The molecule has 0 aliphatic rings. The van der Waals surface area contributed by atoms with Crippen LogP contribution in [0.25, 0.3) is 21.9 Å². The first kappa shape index (κ1) is 9.97. The highest BCUT2D eigenvalue weighted by atomic mass is 16.3. The lowest BCUT2D eigenvalue weighted by Gasteiger charge is -2.00. The Hall–Kier alpha value is -2.22. The Morgan fingerprint density at radius 1 is 1.18 bits per heavy atom. The number of benzene rings is 2. The zero-order valence-electron chi connectivity index (χ0n) is 9.31. The number of furan rings is 1. The van der Waals surface area contributed by atoms with Crippen LogP contribution in [0.5, 0.6) is 5.75 Å². The quantitative estimate of drug-likeness (QED) is 0.667. The molecule has 0 aliphatic carbocycles. The topological polar surface area (TPSA) is 33.4 Å². The molecular weight excluding hydrogens is 212 g/mol. The fraction of sp³-hybridized carbons (Fsp3) is 0.0667. The SMILES string of the molecule is C=CCc1cc(O)cc2oc3ccccc3c12. The van der Waals surface area contributed by atoms with E-state index in [1.807, 2.05) is 30.3 Å². The van der Waals surface area contributed by atoms with Crippen LogP contribution in [-0.4, -0.2) is 5.11 Å². The lowest BCUT2D eigenvalue weighted by atomic mass is 10.0. The summed E-state index contributed by atoms with van der Waals surface area (Å²) in [6.07, 6.45) is 2.55. The number of hydrogen-bond donors (Lipinski definition) is 1. The summed E-state index contributed by atoms with van der Waals surface area (Å²) in [4.78, 5) is 0. The highest BCUT2D eigenvalue weighted by molar-refractivity contribution is 6.07. The minimum atomic E-state index is 0.230. The van der Waals surface area contributed by atoms with Crippen molar-refractivity contribution >= 4 is 21.9 Å². The zero-order valence-corrected chi connectivity index (χ0v) is 9.31. The molecule has 2 nitrogen and oxygen atoms in total. The van der Waals surface area contributed by atoms with Crippen molar-refractivity contribution < 1.29 is 9.52 Å². The maximum atomic E-state index is 9.67. The summed E-state index contributed by atoms with van der Waals surface area (Å²) in [5.41, 5.74) is 2.61. The van der Waals surface area contributed by atoms with E-state index < -0.39 is 0 Å². The molecule has 0 amide bonds. The molecule has 1 N–H and O–H groups in total. The first-order valence-corrected chi connectivity index (χ1v) is 5.53. The van der Waals surface area contributed by atoms with Gasteiger partial charge in [0.25, 0.3) is 0 Å². The number of phenols is 1. The molecular formula is C15H12O2. The number of fused-ring (bicyclic) bond motifs is 3. The van der Waals surface area contributed by atoms with Crippen LogP contribution in [0.4, 0.5) is 0 Å². The normalized spacial score (nSPS) is 11.1. The van der Waals surface area contributed by atoms with E-state index in [4.69, 9.17) is 4.42 Å². The van der Waals surface area contributed by atoms with Crippen LogP contribution in [0.1, 0.15) is 5.56 Å². The second-order valence-corrected chi connectivity index (χ2v) is 4.07. The van der Waals surface area contributed by atoms with Crippen molar-refractivity contribution in [1.82, 2.24) is 0 Å². The van der Waals surface area contributed by atoms with Crippen molar-refractivity contribution in [2.45, 2.75) is 6.42 Å². The molecule has 0 spiro atoms. The average Bonchev–Trinajstić information content (AvgIpc) is 2.67. The number of aromatic hydroxyl groups is 1. The van der Waals surface area contributed by atoms with E-state index in [9.17, 15) is 5.11 Å². The van der Waals surface area contributed by atoms with Crippen LogP contribution < -0.4 is 0 Å². The van der Waals surface area contributed by atoms with Gasteiger partial charge in [-0.3, -0.25) is 0 Å². The van der Waals surface area contributed by atoms with Crippen LogP contribution in [0.3, 0.4) is 0 Å². The highest BCUT2D eigenvalue weighted by Crippen LogP contribution is 2.34. The summed E-state index contributed by atoms with van der Waals surface area (Å²) in [7, 11) is 0. The van der Waals surface area contributed by atoms with E-state index in [-0.39, 0.29) is 5.75 Å². The van der Waals surface area contributed by atoms with Crippen molar-refractivity contribution in [2.75, 3.05) is 0 Å². The van der Waals surface area contributed by atoms with Gasteiger partial charge in [-0.2, -0.15) is 0 Å². The standard InChI is InChI=1S/C15H12O2/c1-2-5-10-8-11(16)9-14-15(10)12-6-3-4-7-13(12)17-14/h2-4,6-9,16H,1,5H2. The third-order valence-corrected chi connectivity index (χ3v) is 2.91. The first-order valence-electron chi connectivity index (χ1n) is 5.53. The molecule has 0 fully saturated rings. The fourth-order valence-electron chi connectivity index (χ4n) is 2.24. The molecule has 17 heavy (non-hydrogen) atoms. The molecule has 0 aliphatic heterocycles. The largest absolute Gasteiger partial charge is 0.508 e. The number of phenolic OH excluding ortho intramolecular Hbond substituents is 1. The molecule has 2 heteroatoms. The molecule has 1 heterocycles. The highest BCUT2D eigenvalue weighted by Gasteiger charge is 2.11. The summed E-state index contributed by atoms with van der Waals surface area (Å²) >= 11 is 0. The van der Waals surface area contributed by atoms with Crippen LogP contribution in [0, 0.1) is 0 Å². The molecule has 0 saturated heterocycles. The second kappa shape index (κ2) is 3.67. The van der Waals surface area contributed by atoms with E-state index in [2.05, 4.69) is 6.58 Å². The molecule has 0 atom stereocenters. The van der Waals surface area contributed by atoms with Crippen molar-refractivity contribution in [2.24, 2.45) is 0 Å². The van der Waals surface area contributed by atoms with Crippen LogP contribution >= 0.6 is 0 Å². The van der Waals surface area contributed by atoms with Gasteiger partial charge in [0.05, 0.1) is 0 Å². The van der Waals surface area contributed by atoms with E-state index in [1.54, 1.807) is 12.1 Å². The molecule has 0 saturated carbocycles. The van der Waals surface area contributed by atoms with Gasteiger partial charge < -0.3 is 9.52 Å². The van der Waals surface area contributed by atoms with Gasteiger partial charge in [-0.1, -0.05) is 24.3 Å². The summed E-state index contributed by atoms with van der Waals surface area (Å²) in [6, 6.07) is 11.3. The fourth-order valence-corrected chi connectivity index (χ4v) is 2.24. The molecule has 84 valence electrons. The molecule has 0 unspecified atom stereocenters. The minimum absolute atomic E-state index is 0.230. The monoisotopic (exact) mass is 224 g/mol. The molecule has 3 aromatic rings. The lowest BCUT2D eigenvalue weighted by molar-refractivity contribution is 0.474. The van der Waals surface area contributed by atoms with Crippen LogP contribution in [-0.2, 0) is 6.42 Å². The molecule has 0 radical (unpaired) electrons. The Morgan fingerprint density at radius 2 is 2.00 bits per heavy atom. The Morgan fingerprint density at radius 3 is 2.82 bits per heavy atom. The molecule has 2 aromatic carbocycles. The Kier molecular flexibility index (Phi) is 2.15. The minimum Gasteiger partial charge on any atom is -0.508 e. The predicted molar refractivity (Wildman–Crippen MR) is 69.3 cm³/mol. The van der Waals surface area contributed by atoms with Gasteiger partial charge in [0, 0.05) is 16.8 Å². The van der Waals surface area contributed by atoms with Crippen molar-refractivity contribution in [3.8, 4) is 5.75 Å². The van der Waals surface area contributed by atoms with Crippen molar-refractivity contribution in [1.29, 1.82) is 0 Å². The van der Waals surface area contributed by atoms with E-state index in [0.29, 0.717) is 6.42 Å². The van der Waals surface area contributed by atoms with Crippen molar-refractivity contribution in [3.63, 3.8) is 0 Å². The smallest absolute Gasteiger partial charge is 0.139 e. The maximum Gasteiger partial charge on any atom is 0.139 e. The maximum absolute atomic E-state index is 9.67. The Balaban J connectivity index is 2.48. The third kappa shape index (κ3) is 1.49. The van der Waals surface area contributed by atoms with Gasteiger partial charge in [0.1, 0.15) is 16.9 Å². The summed E-state index contributed by atoms with van der Waals surface area (Å²) in [6.45, 7) is 3.74. The van der Waals surface area contributed by atoms with Gasteiger partial charge in [-0.15, -0.1) is 6.58 Å². The Bertz CT molecular complexity index is 707. The van der Waals surface area contributed by atoms with Gasteiger partial charge >= 0.3 is 0 Å². The average molecular weight is 224 g/mol. The van der Waals surface area contributed by atoms with E-state index >= 15 is 0 Å². The summed E-state index contributed by atoms with van der Waals surface area (Å²) < 4.78 is 5.73. The number of hydrogen-bond acceptors (Lipinski definition) is 2. The summed E-state index contributed by atoms with van der Waals surface area (Å²) in [5.74, 6) is 0.230. The van der Waals surface area contributed by atoms with Gasteiger partial charge in [-0.25, -0.2) is 0 Å². The number of allylic oxidation sites excluding steroid dienone is 1. The van der Waals surface area contributed by atoms with Crippen LogP contribution in [0.15, 0.2) is 53.5 Å². The third-order valence-electron chi connectivity index (χ3n) is 2.91. The van der Waals surface area contributed by atoms with Gasteiger partial charge in [0.15, 0.2) is 0 Å². The first-order chi connectivity index (χ1) is 8.29. The predicted octanol–water partition coefficient (Wildman–Crippen LogP) is 4.02. The second-order valence-electron chi connectivity index (χ2n) is 4.07. The van der Waals surface area contributed by atoms with Gasteiger partial charge in [-0.05, 0) is 24.1 Å². The van der Waals surface area contributed by atoms with Crippen LogP contribution in [0.2, 0.25) is 0 Å². The van der Waals surface area contributed by atoms with Crippen molar-refractivity contribution in [3.05, 3.63) is 54.6 Å². The number of rotatable bonds is 2. The molecule has 3 rings (SSSR count).